The molecule has 128 valence electrons. The Morgan fingerprint density at radius 3 is 2.72 bits per heavy atom. The Kier molecular flexibility index (Phi) is 4.75. The quantitative estimate of drug-likeness (QED) is 0.506. The Labute approximate surface area is 152 Å². The van der Waals surface area contributed by atoms with Crippen LogP contribution >= 0.6 is 15.9 Å². The van der Waals surface area contributed by atoms with Crippen LogP contribution in [0, 0.1) is 4.91 Å². The SMILES string of the molecule is CC(C)N(N=O)c1ncc(-c2nc(-c3ccccc3Br)no2)cc1N. The predicted octanol–water partition coefficient (Wildman–Crippen LogP) is 4.04. The lowest BCUT2D eigenvalue weighted by Crippen LogP contribution is -2.26. The van der Waals surface area contributed by atoms with E-state index in [0.29, 0.717) is 22.9 Å². The van der Waals surface area contributed by atoms with Crippen molar-refractivity contribution in [1.82, 2.24) is 15.1 Å². The highest BCUT2D eigenvalue weighted by atomic mass is 79.9. The van der Waals surface area contributed by atoms with Crippen LogP contribution in [-0.2, 0) is 0 Å². The topological polar surface area (TPSA) is 110 Å². The zero-order valence-corrected chi connectivity index (χ0v) is 15.1. The maximum Gasteiger partial charge on any atom is 0.259 e. The van der Waals surface area contributed by atoms with Crippen molar-refractivity contribution < 1.29 is 4.52 Å². The first-order chi connectivity index (χ1) is 12.0. The first-order valence-corrected chi connectivity index (χ1v) is 8.27. The van der Waals surface area contributed by atoms with E-state index in [2.05, 4.69) is 36.3 Å². The largest absolute Gasteiger partial charge is 0.396 e. The summed E-state index contributed by atoms with van der Waals surface area (Å²) >= 11 is 3.46. The Morgan fingerprint density at radius 1 is 1.32 bits per heavy atom. The fraction of sp³-hybridized carbons (Fsp3) is 0.188. The molecule has 9 heteroatoms. The summed E-state index contributed by atoms with van der Waals surface area (Å²) in [5, 5.41) is 8.16. The Bertz CT molecular complexity index is 911. The number of hydrogen-bond acceptors (Lipinski definition) is 7. The van der Waals surface area contributed by atoms with Crippen molar-refractivity contribution in [2.24, 2.45) is 5.29 Å². The van der Waals surface area contributed by atoms with Gasteiger partial charge in [0.2, 0.25) is 5.82 Å². The Morgan fingerprint density at radius 2 is 2.08 bits per heavy atom. The van der Waals surface area contributed by atoms with Crippen LogP contribution < -0.4 is 10.7 Å². The number of anilines is 2. The van der Waals surface area contributed by atoms with E-state index in [1.165, 1.54) is 11.2 Å². The molecule has 0 unspecified atom stereocenters. The maximum absolute atomic E-state index is 11.0. The fourth-order valence-electron chi connectivity index (χ4n) is 2.25. The number of nitrogens with zero attached hydrogens (tertiary/aromatic N) is 5. The third-order valence-electron chi connectivity index (χ3n) is 3.48. The van der Waals surface area contributed by atoms with Gasteiger partial charge in [-0.25, -0.2) is 9.99 Å². The number of aromatic nitrogens is 3. The van der Waals surface area contributed by atoms with E-state index in [1.54, 1.807) is 6.07 Å². The Hall–Kier alpha value is -2.81. The van der Waals surface area contributed by atoms with Crippen LogP contribution in [0.2, 0.25) is 0 Å². The lowest BCUT2D eigenvalue weighted by Gasteiger charge is -2.19. The van der Waals surface area contributed by atoms with E-state index in [9.17, 15) is 4.91 Å². The molecule has 3 aromatic rings. The third-order valence-corrected chi connectivity index (χ3v) is 4.17. The highest BCUT2D eigenvalue weighted by molar-refractivity contribution is 9.10. The number of pyridine rings is 1. The van der Waals surface area contributed by atoms with Crippen molar-refractivity contribution in [3.8, 4) is 22.8 Å². The monoisotopic (exact) mass is 402 g/mol. The first-order valence-electron chi connectivity index (χ1n) is 7.48. The number of halogens is 1. The van der Waals surface area contributed by atoms with Gasteiger partial charge in [0.15, 0.2) is 5.82 Å². The van der Waals surface area contributed by atoms with Crippen LogP contribution in [-0.4, -0.2) is 21.2 Å². The molecule has 0 spiro atoms. The standard InChI is InChI=1S/C16H15BrN6O2/c1-9(2)23(22-24)15-13(18)7-10(8-19-15)16-20-14(21-25-16)11-5-3-4-6-12(11)17/h3-9H,18H2,1-2H3. The summed E-state index contributed by atoms with van der Waals surface area (Å²) in [6, 6.07) is 9.03. The van der Waals surface area contributed by atoms with Crippen molar-refractivity contribution in [3.05, 3.63) is 45.9 Å². The molecule has 1 aromatic carbocycles. The van der Waals surface area contributed by atoms with Gasteiger partial charge in [0, 0.05) is 16.2 Å². The minimum Gasteiger partial charge on any atom is -0.396 e. The highest BCUT2D eigenvalue weighted by Crippen LogP contribution is 2.30. The van der Waals surface area contributed by atoms with Crippen LogP contribution in [0.5, 0.6) is 0 Å². The molecule has 0 saturated carbocycles. The number of nitrogen functional groups attached to an aromatic ring is 1. The average Bonchev–Trinajstić information content (AvgIpc) is 3.07. The van der Waals surface area contributed by atoms with Crippen LogP contribution in [0.1, 0.15) is 13.8 Å². The lowest BCUT2D eigenvalue weighted by atomic mass is 10.2. The van der Waals surface area contributed by atoms with E-state index >= 15 is 0 Å². The van der Waals surface area contributed by atoms with Gasteiger partial charge in [-0.15, -0.1) is 4.91 Å². The van der Waals surface area contributed by atoms with Crippen molar-refractivity contribution in [3.63, 3.8) is 0 Å². The van der Waals surface area contributed by atoms with Crippen LogP contribution in [0.15, 0.2) is 50.8 Å². The number of benzene rings is 1. The second-order valence-electron chi connectivity index (χ2n) is 5.56. The normalized spacial score (nSPS) is 10.9. The lowest BCUT2D eigenvalue weighted by molar-refractivity contribution is 0.432. The summed E-state index contributed by atoms with van der Waals surface area (Å²) in [4.78, 5) is 19.6. The van der Waals surface area contributed by atoms with Crippen LogP contribution in [0.3, 0.4) is 0 Å². The molecule has 0 aliphatic carbocycles. The van der Waals surface area contributed by atoms with Crippen LogP contribution in [0.4, 0.5) is 11.5 Å². The molecule has 0 aliphatic rings. The molecule has 3 rings (SSSR count). The molecule has 2 N–H and O–H groups in total. The third kappa shape index (κ3) is 3.36. The summed E-state index contributed by atoms with van der Waals surface area (Å²) < 4.78 is 6.17. The van der Waals surface area contributed by atoms with Gasteiger partial charge >= 0.3 is 0 Å². The smallest absolute Gasteiger partial charge is 0.259 e. The van der Waals surface area contributed by atoms with E-state index in [1.807, 2.05) is 38.1 Å². The predicted molar refractivity (Wildman–Crippen MR) is 98.5 cm³/mol. The molecule has 25 heavy (non-hydrogen) atoms. The van der Waals surface area contributed by atoms with Crippen molar-refractivity contribution >= 4 is 27.4 Å². The van der Waals surface area contributed by atoms with Gasteiger partial charge in [0.05, 0.1) is 22.6 Å². The van der Waals surface area contributed by atoms with Gasteiger partial charge in [-0.1, -0.05) is 33.2 Å². The van der Waals surface area contributed by atoms with Gasteiger partial charge < -0.3 is 10.3 Å². The van der Waals surface area contributed by atoms with Crippen molar-refractivity contribution in [2.75, 3.05) is 10.7 Å². The minimum absolute atomic E-state index is 0.163. The molecule has 0 radical (unpaired) electrons. The van der Waals surface area contributed by atoms with Gasteiger partial charge in [-0.05, 0) is 32.0 Å². The molecule has 0 aliphatic heterocycles. The Balaban J connectivity index is 1.95. The molecule has 0 amide bonds. The second-order valence-corrected chi connectivity index (χ2v) is 6.41. The molecule has 0 saturated heterocycles. The molecule has 8 nitrogen and oxygen atoms in total. The van der Waals surface area contributed by atoms with Gasteiger partial charge in [0.25, 0.3) is 5.89 Å². The molecule has 2 heterocycles. The fourth-order valence-corrected chi connectivity index (χ4v) is 2.72. The van der Waals surface area contributed by atoms with E-state index < -0.39 is 0 Å². The number of hydrogen-bond donors (Lipinski definition) is 1. The summed E-state index contributed by atoms with van der Waals surface area (Å²) in [6.45, 7) is 3.64. The molecule has 0 bridgehead atoms. The van der Waals surface area contributed by atoms with Gasteiger partial charge in [-0.3, -0.25) is 0 Å². The molecule has 2 aromatic heterocycles. The van der Waals surface area contributed by atoms with Crippen molar-refractivity contribution in [1.29, 1.82) is 0 Å². The maximum atomic E-state index is 11.0. The number of nitrogens with two attached hydrogens (primary N) is 1. The van der Waals surface area contributed by atoms with E-state index in [4.69, 9.17) is 10.3 Å². The molecular weight excluding hydrogens is 388 g/mol. The van der Waals surface area contributed by atoms with Crippen LogP contribution in [0.25, 0.3) is 22.8 Å². The van der Waals surface area contributed by atoms with E-state index in [0.717, 1.165) is 10.0 Å². The summed E-state index contributed by atoms with van der Waals surface area (Å²) in [5.74, 6) is 1.02. The van der Waals surface area contributed by atoms with Gasteiger partial charge in [-0.2, -0.15) is 4.98 Å². The van der Waals surface area contributed by atoms with Crippen molar-refractivity contribution in [2.45, 2.75) is 19.9 Å². The zero-order chi connectivity index (χ0) is 18.0. The zero-order valence-electron chi connectivity index (χ0n) is 13.5. The van der Waals surface area contributed by atoms with E-state index in [-0.39, 0.29) is 11.9 Å². The summed E-state index contributed by atoms with van der Waals surface area (Å²) in [6.07, 6.45) is 1.52. The average molecular weight is 403 g/mol. The summed E-state index contributed by atoms with van der Waals surface area (Å²) in [5.41, 5.74) is 7.68. The minimum atomic E-state index is -0.163. The second kappa shape index (κ2) is 6.98. The molecular formula is C16H15BrN6O2. The highest BCUT2D eigenvalue weighted by Gasteiger charge is 2.18. The molecule has 0 atom stereocenters. The van der Waals surface area contributed by atoms with Gasteiger partial charge in [0.1, 0.15) is 0 Å². The molecule has 0 fully saturated rings. The number of rotatable bonds is 5. The number of nitroso groups, excluding NO2 is 1. The summed E-state index contributed by atoms with van der Waals surface area (Å²) in [7, 11) is 0. The first kappa shape index (κ1) is 17.0.